The molecule has 1 spiro atoms. The van der Waals surface area contributed by atoms with Gasteiger partial charge in [-0.2, -0.15) is 4.68 Å². The van der Waals surface area contributed by atoms with Gasteiger partial charge in [0.25, 0.3) is 5.91 Å². The summed E-state index contributed by atoms with van der Waals surface area (Å²) in [5.41, 5.74) is 0.892. The van der Waals surface area contributed by atoms with E-state index >= 15 is 0 Å². The maximum absolute atomic E-state index is 12.7. The van der Waals surface area contributed by atoms with Gasteiger partial charge in [-0.25, -0.2) is 0 Å². The smallest absolute Gasteiger partial charge is 0.254 e. The number of tetrazole rings is 1. The van der Waals surface area contributed by atoms with E-state index in [1.807, 2.05) is 18.2 Å². The third-order valence-corrected chi connectivity index (χ3v) is 4.88. The number of hydrogen-bond donors (Lipinski definition) is 1. The normalized spacial score (nSPS) is 19.6. The average molecular weight is 348 g/mol. The van der Waals surface area contributed by atoms with Crippen molar-refractivity contribution in [1.29, 1.82) is 0 Å². The highest BCUT2D eigenvalue weighted by atomic mass is 79.9. The van der Waals surface area contributed by atoms with Gasteiger partial charge in [-0.3, -0.25) is 4.79 Å². The number of carbonyl (C=O) groups excluding carboxylic acids is 1. The fourth-order valence-corrected chi connectivity index (χ4v) is 3.73. The number of nitrogens with one attached hydrogen (secondary N) is 1. The van der Waals surface area contributed by atoms with Gasteiger partial charge in [0.15, 0.2) is 5.82 Å². The molecular weight excluding hydrogens is 334 g/mol. The third-order valence-electron chi connectivity index (χ3n) is 4.39. The minimum atomic E-state index is -0.440. The zero-order chi connectivity index (χ0) is 14.4. The minimum absolute atomic E-state index is 0.0690. The largest absolute Gasteiger partial charge is 0.339 e. The molecule has 0 radical (unpaired) electrons. The molecule has 1 aromatic heterocycles. The lowest BCUT2D eigenvalue weighted by Crippen LogP contribution is -2.47. The average Bonchev–Trinajstić information content (AvgIpc) is 2.95. The lowest BCUT2D eigenvalue weighted by atomic mass is 9.81. The van der Waals surface area contributed by atoms with E-state index in [2.05, 4.69) is 36.8 Å². The zero-order valence-corrected chi connectivity index (χ0v) is 12.9. The van der Waals surface area contributed by atoms with E-state index in [-0.39, 0.29) is 5.91 Å². The van der Waals surface area contributed by atoms with E-state index < -0.39 is 5.54 Å². The summed E-state index contributed by atoms with van der Waals surface area (Å²) >= 11 is 3.42. The zero-order valence-electron chi connectivity index (χ0n) is 11.3. The van der Waals surface area contributed by atoms with Crippen LogP contribution < -0.4 is 5.32 Å². The molecule has 0 bridgehead atoms. The Balaban J connectivity index is 1.95. The number of fused-ring (bicyclic) bond motifs is 4. The van der Waals surface area contributed by atoms with Crippen LogP contribution in [-0.4, -0.2) is 26.1 Å². The Morgan fingerprint density at radius 1 is 1.24 bits per heavy atom. The molecule has 2 aliphatic rings. The lowest BCUT2D eigenvalue weighted by Gasteiger charge is -2.35. The Morgan fingerprint density at radius 3 is 2.86 bits per heavy atom. The van der Waals surface area contributed by atoms with Crippen molar-refractivity contribution in [3.8, 4) is 5.69 Å². The summed E-state index contributed by atoms with van der Waals surface area (Å²) in [5.74, 6) is 0.678. The number of nitrogens with zero attached hydrogens (tertiary/aromatic N) is 4. The number of hydrogen-bond acceptors (Lipinski definition) is 4. The van der Waals surface area contributed by atoms with Gasteiger partial charge in [-0.1, -0.05) is 35.2 Å². The van der Waals surface area contributed by atoms with Crippen LogP contribution >= 0.6 is 15.9 Å². The van der Waals surface area contributed by atoms with Gasteiger partial charge in [0.1, 0.15) is 5.54 Å². The highest BCUT2D eigenvalue weighted by molar-refractivity contribution is 9.10. The molecule has 108 valence electrons. The summed E-state index contributed by atoms with van der Waals surface area (Å²) in [6.07, 6.45) is 5.11. The van der Waals surface area contributed by atoms with Crippen molar-refractivity contribution in [2.24, 2.45) is 0 Å². The van der Waals surface area contributed by atoms with Crippen molar-refractivity contribution in [1.82, 2.24) is 25.5 Å². The number of rotatable bonds is 0. The van der Waals surface area contributed by atoms with Gasteiger partial charge in [0.2, 0.25) is 0 Å². The Morgan fingerprint density at radius 2 is 2.05 bits per heavy atom. The molecule has 21 heavy (non-hydrogen) atoms. The van der Waals surface area contributed by atoms with Crippen LogP contribution in [0.25, 0.3) is 5.69 Å². The first kappa shape index (κ1) is 12.9. The summed E-state index contributed by atoms with van der Waals surface area (Å²) in [6, 6.07) is 5.59. The highest BCUT2D eigenvalue weighted by Crippen LogP contribution is 2.39. The Labute approximate surface area is 130 Å². The molecule has 1 fully saturated rings. The molecule has 7 heteroatoms. The van der Waals surface area contributed by atoms with Crippen molar-refractivity contribution >= 4 is 21.8 Å². The second-order valence-corrected chi connectivity index (χ2v) is 6.59. The van der Waals surface area contributed by atoms with Crippen LogP contribution in [0.3, 0.4) is 0 Å². The Bertz CT molecular complexity index is 720. The highest BCUT2D eigenvalue weighted by Gasteiger charge is 2.43. The molecule has 1 aliphatic heterocycles. The summed E-state index contributed by atoms with van der Waals surface area (Å²) in [4.78, 5) is 12.7. The van der Waals surface area contributed by atoms with Crippen molar-refractivity contribution in [2.75, 3.05) is 0 Å². The fourth-order valence-electron chi connectivity index (χ4n) is 3.37. The van der Waals surface area contributed by atoms with E-state index in [4.69, 9.17) is 0 Å². The maximum atomic E-state index is 12.7. The van der Waals surface area contributed by atoms with Crippen LogP contribution in [0.2, 0.25) is 0 Å². The molecule has 0 unspecified atom stereocenters. The van der Waals surface area contributed by atoms with Gasteiger partial charge in [0, 0.05) is 4.47 Å². The number of benzene rings is 1. The van der Waals surface area contributed by atoms with Gasteiger partial charge < -0.3 is 5.32 Å². The molecule has 4 rings (SSSR count). The monoisotopic (exact) mass is 347 g/mol. The Kier molecular flexibility index (Phi) is 2.85. The molecule has 1 amide bonds. The van der Waals surface area contributed by atoms with E-state index in [0.29, 0.717) is 5.56 Å². The van der Waals surface area contributed by atoms with Crippen LogP contribution in [0.15, 0.2) is 22.7 Å². The van der Waals surface area contributed by atoms with Gasteiger partial charge in [-0.05, 0) is 41.5 Å². The topological polar surface area (TPSA) is 72.7 Å². The van der Waals surface area contributed by atoms with Crippen molar-refractivity contribution < 1.29 is 4.79 Å². The molecule has 6 nitrogen and oxygen atoms in total. The number of halogens is 1. The molecule has 1 aromatic carbocycles. The summed E-state index contributed by atoms with van der Waals surface area (Å²) in [7, 11) is 0. The molecule has 0 atom stereocenters. The molecule has 0 saturated heterocycles. The minimum Gasteiger partial charge on any atom is -0.339 e. The molecule has 1 saturated carbocycles. The van der Waals surface area contributed by atoms with Crippen LogP contribution in [0.5, 0.6) is 0 Å². The van der Waals surface area contributed by atoms with E-state index in [1.54, 1.807) is 4.68 Å². The SMILES string of the molecule is O=C1NC2(CCCCC2)c2nnnn2-c2ccc(Br)cc21. The first-order valence-electron chi connectivity index (χ1n) is 7.11. The number of carbonyl (C=O) groups is 1. The second kappa shape index (κ2) is 4.62. The summed E-state index contributed by atoms with van der Waals surface area (Å²) in [6.45, 7) is 0. The quantitative estimate of drug-likeness (QED) is 0.793. The molecule has 2 aromatic rings. The predicted molar refractivity (Wildman–Crippen MR) is 79.1 cm³/mol. The van der Waals surface area contributed by atoms with Gasteiger partial charge in [-0.15, -0.1) is 5.10 Å². The first-order valence-corrected chi connectivity index (χ1v) is 7.90. The summed E-state index contributed by atoms with van der Waals surface area (Å²) in [5, 5.41) is 15.4. The van der Waals surface area contributed by atoms with Crippen molar-refractivity contribution in [2.45, 2.75) is 37.6 Å². The molecular formula is C14H14BrN5O. The predicted octanol–water partition coefficient (Wildman–Crippen LogP) is 2.33. The fraction of sp³-hybridized carbons (Fsp3) is 0.429. The second-order valence-electron chi connectivity index (χ2n) is 5.67. The standard InChI is InChI=1S/C14H14BrN5O/c15-9-4-5-11-10(8-9)12(21)16-14(6-2-1-3-7-14)13-17-18-19-20(11)13/h4-5,8H,1-3,6-7H2,(H,16,21). The van der Waals surface area contributed by atoms with Gasteiger partial charge in [0.05, 0.1) is 11.3 Å². The van der Waals surface area contributed by atoms with E-state index in [0.717, 1.165) is 41.7 Å². The Hall–Kier alpha value is -1.76. The molecule has 1 N–H and O–H groups in total. The molecule has 1 aliphatic carbocycles. The number of amides is 1. The number of aromatic nitrogens is 4. The van der Waals surface area contributed by atoms with E-state index in [9.17, 15) is 4.79 Å². The first-order chi connectivity index (χ1) is 10.2. The van der Waals surface area contributed by atoms with Crippen LogP contribution in [0.4, 0.5) is 0 Å². The van der Waals surface area contributed by atoms with Crippen molar-refractivity contribution in [3.63, 3.8) is 0 Å². The van der Waals surface area contributed by atoms with Crippen LogP contribution in [0, 0.1) is 0 Å². The van der Waals surface area contributed by atoms with Crippen LogP contribution in [0.1, 0.15) is 48.3 Å². The maximum Gasteiger partial charge on any atom is 0.254 e. The van der Waals surface area contributed by atoms with Crippen LogP contribution in [-0.2, 0) is 5.54 Å². The lowest BCUT2D eigenvalue weighted by molar-refractivity contribution is 0.0864. The molecule has 2 heterocycles. The van der Waals surface area contributed by atoms with Crippen molar-refractivity contribution in [3.05, 3.63) is 34.1 Å². The van der Waals surface area contributed by atoms with E-state index in [1.165, 1.54) is 6.42 Å². The summed E-state index contributed by atoms with van der Waals surface area (Å²) < 4.78 is 2.58. The third kappa shape index (κ3) is 1.91. The van der Waals surface area contributed by atoms with Gasteiger partial charge >= 0.3 is 0 Å².